The van der Waals surface area contributed by atoms with Crippen molar-refractivity contribution in [2.75, 3.05) is 19.8 Å². The van der Waals surface area contributed by atoms with Gasteiger partial charge in [0.1, 0.15) is 34.6 Å². The third-order valence-electron chi connectivity index (χ3n) is 14.7. The van der Waals surface area contributed by atoms with Crippen LogP contribution < -0.4 is 36.1 Å². The maximum absolute atomic E-state index is 14.3. The van der Waals surface area contributed by atoms with Gasteiger partial charge in [-0.05, 0) is 115 Å². The van der Waals surface area contributed by atoms with Crippen LogP contribution in [-0.4, -0.2) is 90.8 Å². The molecule has 12 rings (SSSR count). The first-order valence-corrected chi connectivity index (χ1v) is 28.4. The number of primary amides is 3. The molecule has 0 bridgehead atoms. The number of alkyl halides is 3. The lowest BCUT2D eigenvalue weighted by atomic mass is 10.1. The largest absolute Gasteiger partial charge is 0.573 e. The summed E-state index contributed by atoms with van der Waals surface area (Å²) in [5.41, 5.74) is 22.2. The molecule has 19 nitrogen and oxygen atoms in total. The van der Waals surface area contributed by atoms with Crippen LogP contribution in [0.2, 0.25) is 10.0 Å². The first-order chi connectivity index (χ1) is 44.4. The number of carbonyl (C=O) groups excluding carboxylic acids is 3. The number of fused-ring (bicyclic) bond motifs is 9. The van der Waals surface area contributed by atoms with E-state index in [9.17, 15) is 50.7 Å². The van der Waals surface area contributed by atoms with E-state index in [-0.39, 0.29) is 47.0 Å². The number of hydrogen-bond acceptors (Lipinski definition) is 10. The molecule has 0 atom stereocenters. The zero-order valence-corrected chi connectivity index (χ0v) is 49.6. The normalized spacial score (nSPS) is 11.3. The number of nitrogens with two attached hydrogens (primary N) is 3. The summed E-state index contributed by atoms with van der Waals surface area (Å²) < 4.78 is 92.3. The number of carboxylic acid groups (broad SMARTS) is 3. The van der Waals surface area contributed by atoms with Crippen molar-refractivity contribution in [3.8, 4) is 23.0 Å². The molecule has 0 spiro atoms. The second-order valence-electron chi connectivity index (χ2n) is 20.5. The van der Waals surface area contributed by atoms with Crippen molar-refractivity contribution in [2.24, 2.45) is 17.2 Å². The van der Waals surface area contributed by atoms with Crippen LogP contribution >= 0.6 is 23.2 Å². The number of carbonyl (C=O) groups is 6. The van der Waals surface area contributed by atoms with Crippen molar-refractivity contribution in [3.63, 3.8) is 0 Å². The van der Waals surface area contributed by atoms with Crippen molar-refractivity contribution in [1.29, 1.82) is 0 Å². The Morgan fingerprint density at radius 3 is 1.08 bits per heavy atom. The molecule has 93 heavy (non-hydrogen) atoms. The van der Waals surface area contributed by atoms with Gasteiger partial charge in [0.2, 0.25) is 17.7 Å². The molecule has 0 saturated heterocycles. The van der Waals surface area contributed by atoms with Crippen LogP contribution in [0.4, 0.5) is 22.0 Å². The van der Waals surface area contributed by atoms with Crippen molar-refractivity contribution in [1.82, 2.24) is 13.7 Å². The summed E-state index contributed by atoms with van der Waals surface area (Å²) in [5, 5.41) is 31.1. The zero-order chi connectivity index (χ0) is 66.6. The first kappa shape index (κ1) is 64.6. The Morgan fingerprint density at radius 1 is 0.409 bits per heavy atom. The van der Waals surface area contributed by atoms with Gasteiger partial charge in [0.15, 0.2) is 19.8 Å². The molecule has 474 valence electrons. The third-order valence-corrected chi connectivity index (χ3v) is 15.4. The van der Waals surface area contributed by atoms with Crippen LogP contribution in [-0.2, 0) is 34.0 Å². The second kappa shape index (κ2) is 27.0. The Bertz CT molecular complexity index is 4750. The highest BCUT2D eigenvalue weighted by Crippen LogP contribution is 2.42. The van der Waals surface area contributed by atoms with E-state index in [1.807, 2.05) is 16.7 Å². The van der Waals surface area contributed by atoms with Gasteiger partial charge < -0.3 is 65.2 Å². The van der Waals surface area contributed by atoms with Crippen molar-refractivity contribution in [2.45, 2.75) is 26.0 Å². The molecule has 12 aromatic rings. The van der Waals surface area contributed by atoms with Gasteiger partial charge in [0, 0.05) is 60.6 Å². The van der Waals surface area contributed by atoms with Gasteiger partial charge in [-0.2, -0.15) is 0 Å². The maximum atomic E-state index is 14.3. The number of rotatable bonds is 19. The summed E-state index contributed by atoms with van der Waals surface area (Å²) in [6.07, 6.45) is -4.82. The van der Waals surface area contributed by atoms with Crippen LogP contribution in [0.25, 0.3) is 65.4 Å². The number of aliphatic carboxylic acids is 3. The molecule has 0 unspecified atom stereocenters. The SMILES string of the molecule is NC(=O)c1cccc2c1c1c(OCC(=O)O)cccc1n2Cc1c(Cl)cccc1Cl.NC(=O)c1cccc2c1c1c(OCC(=O)O)cccc1n2Cc1c(F)cccc1F.NC(=O)c1cccc2c1c1c(OCC(=O)O)cccc1n2Cc1cccc(OC(F)(F)F)c1. The Kier molecular flexibility index (Phi) is 18.8. The average Bonchev–Trinajstić information content (AvgIpc) is 1.61. The highest BCUT2D eigenvalue weighted by Gasteiger charge is 2.31. The molecule has 0 aliphatic heterocycles. The molecular weight excluding hydrogens is 1260 g/mol. The Labute approximate surface area is 531 Å². The van der Waals surface area contributed by atoms with Crippen LogP contribution in [0.5, 0.6) is 23.0 Å². The smallest absolute Gasteiger partial charge is 0.481 e. The zero-order valence-electron chi connectivity index (χ0n) is 48.1. The summed E-state index contributed by atoms with van der Waals surface area (Å²) in [6, 6.07) is 44.6. The van der Waals surface area contributed by atoms with Gasteiger partial charge in [0.25, 0.3) is 0 Å². The van der Waals surface area contributed by atoms with E-state index in [0.717, 1.165) is 16.6 Å². The molecule has 0 saturated carbocycles. The van der Waals surface area contributed by atoms with Gasteiger partial charge in [-0.25, -0.2) is 23.2 Å². The molecule has 0 aliphatic carbocycles. The van der Waals surface area contributed by atoms with Crippen molar-refractivity contribution >= 4 is 124 Å². The molecule has 0 radical (unpaired) electrons. The van der Waals surface area contributed by atoms with E-state index in [2.05, 4.69) is 4.74 Å². The minimum Gasteiger partial charge on any atom is -0.481 e. The Balaban J connectivity index is 0.000000153. The number of nitrogens with zero attached hydrogens (tertiary/aromatic N) is 3. The summed E-state index contributed by atoms with van der Waals surface area (Å²) in [4.78, 5) is 69.4. The highest BCUT2D eigenvalue weighted by molar-refractivity contribution is 6.36. The number of ether oxygens (including phenoxy) is 4. The fourth-order valence-electron chi connectivity index (χ4n) is 11.1. The molecule has 0 aliphatic rings. The minimum atomic E-state index is -4.82. The van der Waals surface area contributed by atoms with Crippen molar-refractivity contribution < 1.29 is 85.0 Å². The lowest BCUT2D eigenvalue weighted by Crippen LogP contribution is -2.17. The van der Waals surface area contributed by atoms with Gasteiger partial charge in [-0.1, -0.05) is 83.9 Å². The lowest BCUT2D eigenvalue weighted by molar-refractivity contribution is -0.274. The molecular formula is C67H49Cl2F5N6O13. The van der Waals surface area contributed by atoms with Gasteiger partial charge in [0.05, 0.1) is 62.3 Å². The van der Waals surface area contributed by atoms with Gasteiger partial charge in [-0.3, -0.25) is 14.4 Å². The fraction of sp³-hybridized carbons (Fsp3) is 0.104. The van der Waals surface area contributed by atoms with Crippen molar-refractivity contribution in [3.05, 3.63) is 225 Å². The van der Waals surface area contributed by atoms with E-state index < -0.39 is 73.4 Å². The number of aromatic nitrogens is 3. The summed E-state index contributed by atoms with van der Waals surface area (Å²) in [7, 11) is 0. The van der Waals surface area contributed by atoms with E-state index in [0.29, 0.717) is 87.9 Å². The molecule has 9 aromatic carbocycles. The third kappa shape index (κ3) is 13.7. The van der Waals surface area contributed by atoms with Crippen LogP contribution in [0, 0.1) is 11.6 Å². The Hall–Kier alpha value is -11.4. The first-order valence-electron chi connectivity index (χ1n) is 27.7. The number of amides is 3. The van der Waals surface area contributed by atoms with Gasteiger partial charge >= 0.3 is 24.3 Å². The van der Waals surface area contributed by atoms with E-state index in [1.54, 1.807) is 124 Å². The van der Waals surface area contributed by atoms with Gasteiger partial charge in [-0.15, -0.1) is 13.2 Å². The molecule has 3 aromatic heterocycles. The van der Waals surface area contributed by atoms with Crippen LogP contribution in [0.3, 0.4) is 0 Å². The molecule has 26 heteroatoms. The number of halogens is 7. The maximum Gasteiger partial charge on any atom is 0.573 e. The summed E-state index contributed by atoms with van der Waals surface area (Å²) in [5.74, 6) is -6.37. The molecule has 9 N–H and O–H groups in total. The topological polar surface area (TPSA) is 293 Å². The predicted octanol–water partition coefficient (Wildman–Crippen LogP) is 12.7. The lowest BCUT2D eigenvalue weighted by Gasteiger charge is -2.12. The number of carboxylic acids is 3. The van der Waals surface area contributed by atoms with E-state index >= 15 is 0 Å². The van der Waals surface area contributed by atoms with E-state index in [4.69, 9.17) is 69.9 Å². The second-order valence-corrected chi connectivity index (χ2v) is 21.4. The van der Waals surface area contributed by atoms with E-state index in [1.165, 1.54) is 42.5 Å². The average molecular weight is 1310 g/mol. The summed E-state index contributed by atoms with van der Waals surface area (Å²) >= 11 is 12.8. The van der Waals surface area contributed by atoms with Crippen LogP contribution in [0.1, 0.15) is 47.8 Å². The number of hydrogen-bond donors (Lipinski definition) is 6. The standard InChI is InChI=1S/C23H17F3N2O5.C22H16Cl2N2O4.C22H16F2N2O4/c24-23(25,26)33-14-5-1-4-13(10-14)11-28-16-7-2-6-15(22(27)31)20(16)21-17(28)8-3-9-18(21)32-12-19(29)30;2*23-14-5-2-6-15(24)13(14)10-26-16-7-1-4-12(22(25)29)20(16)21-17(26)8-3-9-18(21)30-11-19(27)28/h1-10H,11-12H2,(H2,27,31)(H,29,30);2*1-9H,10-11H2,(H2,25,29)(H,27,28). The molecule has 3 heterocycles. The minimum absolute atomic E-state index is 0.139. The highest BCUT2D eigenvalue weighted by atomic mass is 35.5. The monoisotopic (exact) mass is 1310 g/mol. The summed E-state index contributed by atoms with van der Waals surface area (Å²) in [6.45, 7) is -1.37. The quantitative estimate of drug-likeness (QED) is 0.0411. The number of benzene rings is 9. The molecule has 0 fully saturated rings. The molecule has 3 amide bonds. The van der Waals surface area contributed by atoms with Crippen LogP contribution in [0.15, 0.2) is 170 Å². The Morgan fingerprint density at radius 2 is 0.720 bits per heavy atom. The predicted molar refractivity (Wildman–Crippen MR) is 337 cm³/mol. The fourth-order valence-corrected chi connectivity index (χ4v) is 11.6.